The molecule has 0 spiro atoms. The summed E-state index contributed by atoms with van der Waals surface area (Å²) < 4.78 is 15.8. The van der Waals surface area contributed by atoms with Crippen LogP contribution in [0.4, 0.5) is 0 Å². The zero-order valence-electron chi connectivity index (χ0n) is 20.8. The first kappa shape index (κ1) is 25.1. The lowest BCUT2D eigenvalue weighted by Gasteiger charge is -2.33. The molecule has 2 heterocycles. The van der Waals surface area contributed by atoms with Gasteiger partial charge in [0.15, 0.2) is 17.3 Å². The highest BCUT2D eigenvalue weighted by atomic mass is 32.1. The number of rotatable bonds is 10. The van der Waals surface area contributed by atoms with E-state index in [2.05, 4.69) is 57.7 Å². The molecule has 4 rings (SSSR count). The van der Waals surface area contributed by atoms with E-state index < -0.39 is 0 Å². The van der Waals surface area contributed by atoms with Gasteiger partial charge in [-0.3, -0.25) is 4.79 Å². The molecule has 3 aromatic rings. The number of aryl methyl sites for hydroxylation is 1. The van der Waals surface area contributed by atoms with E-state index in [1.165, 1.54) is 36.4 Å². The molecule has 1 amide bonds. The Kier molecular flexibility index (Phi) is 8.71. The summed E-state index contributed by atoms with van der Waals surface area (Å²) in [6.07, 6.45) is 5.43. The van der Waals surface area contributed by atoms with Crippen LogP contribution in [0.5, 0.6) is 16.7 Å². The van der Waals surface area contributed by atoms with Gasteiger partial charge < -0.3 is 19.7 Å². The highest BCUT2D eigenvalue weighted by Crippen LogP contribution is 2.33. The number of aromatic nitrogens is 2. The third-order valence-corrected chi connectivity index (χ3v) is 7.04. The second-order valence-electron chi connectivity index (χ2n) is 9.10. The molecular formula is C27H34N4O3S. The molecule has 1 atom stereocenters. The van der Waals surface area contributed by atoms with Crippen molar-refractivity contribution in [2.24, 2.45) is 0 Å². The Morgan fingerprint density at radius 1 is 1.17 bits per heavy atom. The number of carbonyl (C=O) groups is 1. The van der Waals surface area contributed by atoms with Crippen molar-refractivity contribution < 1.29 is 14.3 Å². The molecule has 1 aliphatic heterocycles. The highest BCUT2D eigenvalue weighted by Gasteiger charge is 2.18. The minimum absolute atomic E-state index is 0.124. The van der Waals surface area contributed by atoms with Crippen LogP contribution in [0.1, 0.15) is 59.9 Å². The van der Waals surface area contributed by atoms with Gasteiger partial charge in [-0.1, -0.05) is 36.2 Å². The lowest BCUT2D eigenvalue weighted by molar-refractivity contribution is 0.0948. The van der Waals surface area contributed by atoms with Gasteiger partial charge in [0.25, 0.3) is 11.1 Å². The number of carbonyl (C=O) groups excluding carboxylic acids is 1. The number of nitrogens with zero attached hydrogens (tertiary/aromatic N) is 3. The Bertz CT molecular complexity index is 1120. The van der Waals surface area contributed by atoms with Crippen molar-refractivity contribution in [1.82, 2.24) is 19.6 Å². The van der Waals surface area contributed by atoms with Crippen molar-refractivity contribution in [2.45, 2.75) is 52.0 Å². The zero-order chi connectivity index (χ0) is 24.6. The summed E-state index contributed by atoms with van der Waals surface area (Å²) in [7, 11) is 1.58. The maximum Gasteiger partial charge on any atom is 0.298 e. The maximum atomic E-state index is 12.7. The van der Waals surface area contributed by atoms with Gasteiger partial charge in [-0.05, 0) is 63.4 Å². The van der Waals surface area contributed by atoms with Crippen molar-refractivity contribution >= 4 is 17.4 Å². The van der Waals surface area contributed by atoms with Crippen molar-refractivity contribution in [3.05, 3.63) is 65.0 Å². The highest BCUT2D eigenvalue weighted by molar-refractivity contribution is 7.07. The van der Waals surface area contributed by atoms with Crippen LogP contribution >= 0.6 is 11.5 Å². The molecule has 1 fully saturated rings. The van der Waals surface area contributed by atoms with E-state index in [0.29, 0.717) is 47.1 Å². The summed E-state index contributed by atoms with van der Waals surface area (Å²) in [5, 5.41) is 3.45. The quantitative estimate of drug-likeness (QED) is 0.389. The molecular weight excluding hydrogens is 460 g/mol. The van der Waals surface area contributed by atoms with E-state index in [0.717, 1.165) is 25.1 Å². The number of amides is 1. The third kappa shape index (κ3) is 7.02. The van der Waals surface area contributed by atoms with Gasteiger partial charge in [-0.2, -0.15) is 9.36 Å². The monoisotopic (exact) mass is 494 g/mol. The summed E-state index contributed by atoms with van der Waals surface area (Å²) in [5.41, 5.74) is 2.89. The lowest BCUT2D eigenvalue weighted by Crippen LogP contribution is -2.39. The van der Waals surface area contributed by atoms with Crippen molar-refractivity contribution in [1.29, 1.82) is 0 Å². The molecule has 0 aliphatic carbocycles. The number of methoxy groups -OCH3 is 1. The van der Waals surface area contributed by atoms with Gasteiger partial charge in [-0.15, -0.1) is 0 Å². The molecule has 1 saturated heterocycles. The standard InChI is InChI=1S/C27H34N4O3S/c1-19-8-10-21(11-9-19)17-25-29-27(35-30-25)34-24-18-22(12-13-23(24)33-3)26(32)28-14-6-16-31-15-5-4-7-20(31)2/h8-13,18,20H,4-7,14-17H2,1-3H3,(H,28,32). The van der Waals surface area contributed by atoms with Crippen molar-refractivity contribution in [3.8, 4) is 16.7 Å². The Labute approximate surface area is 211 Å². The number of likely N-dealkylation sites (tertiary alicyclic amines) is 1. The summed E-state index contributed by atoms with van der Waals surface area (Å²) >= 11 is 1.19. The Morgan fingerprint density at radius 2 is 2.00 bits per heavy atom. The summed E-state index contributed by atoms with van der Waals surface area (Å²) in [4.78, 5) is 19.8. The number of benzene rings is 2. The van der Waals surface area contributed by atoms with E-state index in [1.807, 2.05) is 0 Å². The molecule has 7 nitrogen and oxygen atoms in total. The number of piperidine rings is 1. The number of ether oxygens (including phenoxy) is 2. The van der Waals surface area contributed by atoms with Crippen molar-refractivity contribution in [2.75, 3.05) is 26.7 Å². The largest absolute Gasteiger partial charge is 0.493 e. The zero-order valence-corrected chi connectivity index (χ0v) is 21.6. The fourth-order valence-electron chi connectivity index (χ4n) is 4.31. The minimum atomic E-state index is -0.124. The van der Waals surface area contributed by atoms with E-state index in [4.69, 9.17) is 9.47 Å². The fourth-order valence-corrected chi connectivity index (χ4v) is 4.87. The van der Waals surface area contributed by atoms with Gasteiger partial charge in [0, 0.05) is 42.6 Å². The summed E-state index contributed by atoms with van der Waals surface area (Å²) in [6, 6.07) is 14.1. The van der Waals surface area contributed by atoms with Crippen LogP contribution in [0.3, 0.4) is 0 Å². The second kappa shape index (κ2) is 12.1. The molecule has 1 aromatic heterocycles. The predicted octanol–water partition coefficient (Wildman–Crippen LogP) is 5.23. The average Bonchev–Trinajstić information content (AvgIpc) is 3.30. The summed E-state index contributed by atoms with van der Waals surface area (Å²) in [6.45, 7) is 7.17. The van der Waals surface area contributed by atoms with Crippen LogP contribution in [-0.2, 0) is 6.42 Å². The van der Waals surface area contributed by atoms with E-state index in [-0.39, 0.29) is 5.91 Å². The first-order chi connectivity index (χ1) is 17.0. The normalized spacial score (nSPS) is 16.1. The molecule has 186 valence electrons. The van der Waals surface area contributed by atoms with Crippen LogP contribution < -0.4 is 14.8 Å². The molecule has 8 heteroatoms. The van der Waals surface area contributed by atoms with Crippen LogP contribution in [0.25, 0.3) is 0 Å². The average molecular weight is 495 g/mol. The summed E-state index contributed by atoms with van der Waals surface area (Å²) in [5.74, 6) is 1.56. The second-order valence-corrected chi connectivity index (χ2v) is 9.81. The van der Waals surface area contributed by atoms with E-state index in [9.17, 15) is 4.79 Å². The molecule has 1 aliphatic rings. The smallest absolute Gasteiger partial charge is 0.298 e. The van der Waals surface area contributed by atoms with Crippen LogP contribution in [-0.4, -0.2) is 53.0 Å². The fraction of sp³-hybridized carbons (Fsp3) is 0.444. The van der Waals surface area contributed by atoms with E-state index >= 15 is 0 Å². The van der Waals surface area contributed by atoms with Gasteiger partial charge in [0.1, 0.15) is 0 Å². The van der Waals surface area contributed by atoms with Crippen LogP contribution in [0.2, 0.25) is 0 Å². The molecule has 35 heavy (non-hydrogen) atoms. The topological polar surface area (TPSA) is 76.6 Å². The maximum absolute atomic E-state index is 12.7. The first-order valence-corrected chi connectivity index (χ1v) is 13.1. The van der Waals surface area contributed by atoms with Gasteiger partial charge in [-0.25, -0.2) is 0 Å². The molecule has 0 bridgehead atoms. The molecule has 1 N–H and O–H groups in total. The lowest BCUT2D eigenvalue weighted by atomic mass is 10.0. The van der Waals surface area contributed by atoms with Crippen molar-refractivity contribution in [3.63, 3.8) is 0 Å². The minimum Gasteiger partial charge on any atom is -0.493 e. The van der Waals surface area contributed by atoms with Crippen LogP contribution in [0, 0.1) is 6.92 Å². The van der Waals surface area contributed by atoms with E-state index in [1.54, 1.807) is 25.3 Å². The SMILES string of the molecule is COc1ccc(C(=O)NCCCN2CCCCC2C)cc1Oc1nc(Cc2ccc(C)cc2)ns1. The number of hydrogen-bond donors (Lipinski definition) is 1. The Morgan fingerprint density at radius 3 is 2.77 bits per heavy atom. The van der Waals surface area contributed by atoms with Gasteiger partial charge >= 0.3 is 0 Å². The molecule has 0 radical (unpaired) electrons. The first-order valence-electron chi connectivity index (χ1n) is 12.3. The molecule has 2 aromatic carbocycles. The predicted molar refractivity (Wildman–Crippen MR) is 139 cm³/mol. The third-order valence-electron chi connectivity index (χ3n) is 6.40. The Balaban J connectivity index is 1.33. The molecule has 0 saturated carbocycles. The van der Waals surface area contributed by atoms with Crippen LogP contribution in [0.15, 0.2) is 42.5 Å². The Hall–Kier alpha value is -2.97. The number of nitrogens with one attached hydrogen (secondary N) is 1. The van der Waals surface area contributed by atoms with Gasteiger partial charge in [0.05, 0.1) is 7.11 Å². The molecule has 1 unspecified atom stereocenters. The number of hydrogen-bond acceptors (Lipinski definition) is 7. The van der Waals surface area contributed by atoms with Gasteiger partial charge in [0.2, 0.25) is 0 Å².